The molecule has 0 bridgehead atoms. The Bertz CT molecular complexity index is 594. The summed E-state index contributed by atoms with van der Waals surface area (Å²) in [5.41, 5.74) is 7.46. The summed E-state index contributed by atoms with van der Waals surface area (Å²) >= 11 is 6.04. The van der Waals surface area contributed by atoms with Gasteiger partial charge in [-0.2, -0.15) is 0 Å². The molecule has 0 spiro atoms. The molecular formula is C13H16ClN5. The summed E-state index contributed by atoms with van der Waals surface area (Å²) in [6, 6.07) is 5.73. The van der Waals surface area contributed by atoms with Gasteiger partial charge in [0, 0.05) is 16.3 Å². The Morgan fingerprint density at radius 3 is 2.95 bits per heavy atom. The van der Waals surface area contributed by atoms with Crippen LogP contribution in [0.2, 0.25) is 5.02 Å². The molecule has 100 valence electrons. The number of tetrazole rings is 1. The van der Waals surface area contributed by atoms with E-state index >= 15 is 0 Å². The fourth-order valence-electron chi connectivity index (χ4n) is 2.81. The van der Waals surface area contributed by atoms with Crippen LogP contribution in [0, 0.1) is 5.92 Å². The van der Waals surface area contributed by atoms with Gasteiger partial charge in [-0.15, -0.1) is 5.10 Å². The van der Waals surface area contributed by atoms with Crippen LogP contribution in [0.25, 0.3) is 11.4 Å². The van der Waals surface area contributed by atoms with Gasteiger partial charge in [-0.05, 0) is 47.4 Å². The summed E-state index contributed by atoms with van der Waals surface area (Å²) in [7, 11) is 0. The van der Waals surface area contributed by atoms with Crippen molar-refractivity contribution in [2.24, 2.45) is 5.92 Å². The van der Waals surface area contributed by atoms with E-state index in [1.807, 2.05) is 10.7 Å². The van der Waals surface area contributed by atoms with Crippen LogP contribution in [0.3, 0.4) is 0 Å². The highest BCUT2D eigenvalue weighted by molar-refractivity contribution is 6.31. The van der Waals surface area contributed by atoms with Crippen molar-refractivity contribution in [1.29, 1.82) is 0 Å². The highest BCUT2D eigenvalue weighted by Crippen LogP contribution is 2.37. The summed E-state index contributed by atoms with van der Waals surface area (Å²) < 4.78 is 1.90. The Morgan fingerprint density at radius 1 is 1.37 bits per heavy atom. The molecule has 2 unspecified atom stereocenters. The quantitative estimate of drug-likeness (QED) is 0.857. The number of aromatic nitrogens is 4. The van der Waals surface area contributed by atoms with E-state index in [0.29, 0.717) is 28.5 Å². The largest absolute Gasteiger partial charge is 0.398 e. The van der Waals surface area contributed by atoms with Crippen LogP contribution in [0.5, 0.6) is 0 Å². The average molecular weight is 278 g/mol. The monoisotopic (exact) mass is 277 g/mol. The summed E-state index contributed by atoms with van der Waals surface area (Å²) in [6.07, 6.45) is 3.55. The van der Waals surface area contributed by atoms with Gasteiger partial charge >= 0.3 is 0 Å². The average Bonchev–Trinajstić information content (AvgIpc) is 3.00. The lowest BCUT2D eigenvalue weighted by atomic mass is 10.1. The molecule has 0 saturated heterocycles. The summed E-state index contributed by atoms with van der Waals surface area (Å²) in [5.74, 6) is 1.29. The predicted molar refractivity (Wildman–Crippen MR) is 74.7 cm³/mol. The van der Waals surface area contributed by atoms with Gasteiger partial charge in [-0.3, -0.25) is 0 Å². The second-order valence-corrected chi connectivity index (χ2v) is 5.59. The Balaban J connectivity index is 2.06. The first-order valence-corrected chi connectivity index (χ1v) is 6.88. The van der Waals surface area contributed by atoms with Crippen molar-refractivity contribution in [1.82, 2.24) is 20.2 Å². The second kappa shape index (κ2) is 4.81. The van der Waals surface area contributed by atoms with Crippen molar-refractivity contribution in [3.8, 4) is 11.4 Å². The molecule has 19 heavy (non-hydrogen) atoms. The Kier molecular flexibility index (Phi) is 3.14. The maximum Gasteiger partial charge on any atom is 0.184 e. The number of anilines is 1. The first-order valence-electron chi connectivity index (χ1n) is 6.50. The summed E-state index contributed by atoms with van der Waals surface area (Å²) in [6.45, 7) is 2.24. The van der Waals surface area contributed by atoms with Crippen LogP contribution >= 0.6 is 11.6 Å². The van der Waals surface area contributed by atoms with E-state index in [4.69, 9.17) is 17.3 Å². The maximum absolute atomic E-state index is 6.04. The number of hydrogen-bond donors (Lipinski definition) is 1. The van der Waals surface area contributed by atoms with Crippen molar-refractivity contribution in [3.05, 3.63) is 23.2 Å². The zero-order valence-electron chi connectivity index (χ0n) is 10.8. The molecular weight excluding hydrogens is 262 g/mol. The lowest BCUT2D eigenvalue weighted by molar-refractivity contribution is 0.370. The molecule has 1 aliphatic carbocycles. The SMILES string of the molecule is CC1CCCC1n1nnnc1-c1cc(Cl)ccc1N. The summed E-state index contributed by atoms with van der Waals surface area (Å²) in [4.78, 5) is 0. The van der Waals surface area contributed by atoms with Gasteiger partial charge < -0.3 is 5.73 Å². The fraction of sp³-hybridized carbons (Fsp3) is 0.462. The predicted octanol–water partition coefficient (Wildman–Crippen LogP) is 2.94. The van der Waals surface area contributed by atoms with Crippen molar-refractivity contribution < 1.29 is 0 Å². The molecule has 0 aliphatic heterocycles. The first-order chi connectivity index (χ1) is 9.16. The van der Waals surface area contributed by atoms with Gasteiger partial charge in [-0.1, -0.05) is 24.9 Å². The molecule has 1 saturated carbocycles. The highest BCUT2D eigenvalue weighted by Gasteiger charge is 2.29. The number of benzene rings is 1. The molecule has 1 fully saturated rings. The Hall–Kier alpha value is -1.62. The smallest absolute Gasteiger partial charge is 0.184 e. The topological polar surface area (TPSA) is 69.6 Å². The molecule has 2 N–H and O–H groups in total. The zero-order valence-corrected chi connectivity index (χ0v) is 11.5. The Labute approximate surface area is 116 Å². The van der Waals surface area contributed by atoms with Gasteiger partial charge in [0.05, 0.1) is 6.04 Å². The van der Waals surface area contributed by atoms with E-state index in [0.717, 1.165) is 12.0 Å². The minimum absolute atomic E-state index is 0.350. The molecule has 2 aromatic rings. The molecule has 1 heterocycles. The molecule has 6 heteroatoms. The number of rotatable bonds is 2. The van der Waals surface area contributed by atoms with E-state index in [-0.39, 0.29) is 0 Å². The molecule has 0 radical (unpaired) electrons. The van der Waals surface area contributed by atoms with Crippen molar-refractivity contribution >= 4 is 17.3 Å². The normalized spacial score (nSPS) is 22.8. The molecule has 1 aromatic heterocycles. The second-order valence-electron chi connectivity index (χ2n) is 5.15. The zero-order chi connectivity index (χ0) is 13.4. The number of hydrogen-bond acceptors (Lipinski definition) is 4. The van der Waals surface area contributed by atoms with E-state index in [9.17, 15) is 0 Å². The van der Waals surface area contributed by atoms with Crippen molar-refractivity contribution in [3.63, 3.8) is 0 Å². The lowest BCUT2D eigenvalue weighted by Gasteiger charge is -2.17. The van der Waals surface area contributed by atoms with Crippen LogP contribution < -0.4 is 5.73 Å². The maximum atomic E-state index is 6.04. The molecule has 5 nitrogen and oxygen atoms in total. The van der Waals surface area contributed by atoms with E-state index < -0.39 is 0 Å². The van der Waals surface area contributed by atoms with E-state index in [1.165, 1.54) is 12.8 Å². The molecule has 1 aliphatic rings. The minimum Gasteiger partial charge on any atom is -0.398 e. The highest BCUT2D eigenvalue weighted by atomic mass is 35.5. The van der Waals surface area contributed by atoms with E-state index in [1.54, 1.807) is 12.1 Å². The van der Waals surface area contributed by atoms with Crippen LogP contribution in [0.15, 0.2) is 18.2 Å². The van der Waals surface area contributed by atoms with Gasteiger partial charge in [0.2, 0.25) is 0 Å². The molecule has 1 aromatic carbocycles. The summed E-state index contributed by atoms with van der Waals surface area (Å²) in [5, 5.41) is 12.7. The number of nitrogen functional groups attached to an aromatic ring is 1. The van der Waals surface area contributed by atoms with Crippen LogP contribution in [-0.2, 0) is 0 Å². The van der Waals surface area contributed by atoms with Gasteiger partial charge in [0.1, 0.15) is 0 Å². The van der Waals surface area contributed by atoms with Crippen molar-refractivity contribution in [2.45, 2.75) is 32.2 Å². The number of nitrogens with two attached hydrogens (primary N) is 1. The Morgan fingerprint density at radius 2 is 2.21 bits per heavy atom. The van der Waals surface area contributed by atoms with Gasteiger partial charge in [0.15, 0.2) is 5.82 Å². The molecule has 0 amide bonds. The molecule has 2 atom stereocenters. The van der Waals surface area contributed by atoms with Gasteiger partial charge in [-0.25, -0.2) is 4.68 Å². The third kappa shape index (κ3) is 2.18. The molecule has 3 rings (SSSR count). The van der Waals surface area contributed by atoms with Gasteiger partial charge in [0.25, 0.3) is 0 Å². The fourth-order valence-corrected chi connectivity index (χ4v) is 2.98. The third-order valence-electron chi connectivity index (χ3n) is 3.88. The van der Waals surface area contributed by atoms with Crippen molar-refractivity contribution in [2.75, 3.05) is 5.73 Å². The number of nitrogens with zero attached hydrogens (tertiary/aromatic N) is 4. The van der Waals surface area contributed by atoms with Crippen LogP contribution in [-0.4, -0.2) is 20.2 Å². The van der Waals surface area contributed by atoms with Crippen LogP contribution in [0.1, 0.15) is 32.2 Å². The number of halogens is 1. The third-order valence-corrected chi connectivity index (χ3v) is 4.11. The van der Waals surface area contributed by atoms with E-state index in [2.05, 4.69) is 22.4 Å². The standard InChI is InChI=1S/C13H16ClN5/c1-8-3-2-4-12(8)19-13(16-17-18-19)10-7-9(14)5-6-11(10)15/h5-8,12H,2-4,15H2,1H3. The lowest BCUT2D eigenvalue weighted by Crippen LogP contribution is -2.15. The minimum atomic E-state index is 0.350. The first kappa shape index (κ1) is 12.4. The van der Waals surface area contributed by atoms with Crippen LogP contribution in [0.4, 0.5) is 5.69 Å².